The van der Waals surface area contributed by atoms with Gasteiger partial charge in [0.15, 0.2) is 0 Å². The molecule has 0 radical (unpaired) electrons. The van der Waals surface area contributed by atoms with Crippen LogP contribution in [0.15, 0.2) is 30.3 Å². The van der Waals surface area contributed by atoms with E-state index in [1.807, 2.05) is 18.2 Å². The summed E-state index contributed by atoms with van der Waals surface area (Å²) in [6.45, 7) is 3.44. The molecule has 5 heteroatoms. The third kappa shape index (κ3) is 5.85. The Morgan fingerprint density at radius 2 is 1.95 bits per heavy atom. The van der Waals surface area contributed by atoms with Gasteiger partial charge in [-0.15, -0.1) is 0 Å². The van der Waals surface area contributed by atoms with E-state index in [2.05, 4.69) is 16.0 Å². The Morgan fingerprint density at radius 3 is 2.68 bits per heavy atom. The summed E-state index contributed by atoms with van der Waals surface area (Å²) in [6, 6.07) is 9.10. The zero-order chi connectivity index (χ0) is 15.6. The number of benzene rings is 1. The highest BCUT2D eigenvalue weighted by molar-refractivity contribution is 5.94. The fourth-order valence-corrected chi connectivity index (χ4v) is 2.61. The average molecular weight is 303 g/mol. The number of hydrogen-bond donors (Lipinski definition) is 3. The van der Waals surface area contributed by atoms with Crippen molar-refractivity contribution in [2.75, 3.05) is 26.2 Å². The van der Waals surface area contributed by atoms with E-state index in [4.69, 9.17) is 0 Å². The Kier molecular flexibility index (Phi) is 6.90. The van der Waals surface area contributed by atoms with Crippen molar-refractivity contribution in [2.24, 2.45) is 5.92 Å². The van der Waals surface area contributed by atoms with Gasteiger partial charge >= 0.3 is 0 Å². The zero-order valence-electron chi connectivity index (χ0n) is 12.9. The average Bonchev–Trinajstić information content (AvgIpc) is 3.05. The molecule has 1 aliphatic rings. The fourth-order valence-electron chi connectivity index (χ4n) is 2.61. The van der Waals surface area contributed by atoms with Crippen LogP contribution in [0.4, 0.5) is 0 Å². The van der Waals surface area contributed by atoms with Crippen molar-refractivity contribution >= 4 is 11.8 Å². The normalized spacial score (nSPS) is 17.2. The summed E-state index contributed by atoms with van der Waals surface area (Å²) in [5.41, 5.74) is 0.650. The SMILES string of the molecule is O=C(CCCNC(=O)c1ccccc1)NCCC1CCNC1. The fraction of sp³-hybridized carbons (Fsp3) is 0.529. The van der Waals surface area contributed by atoms with Crippen LogP contribution in [0.1, 0.15) is 36.0 Å². The Bertz CT molecular complexity index is 470. The summed E-state index contributed by atoms with van der Waals surface area (Å²) in [7, 11) is 0. The van der Waals surface area contributed by atoms with Crippen LogP contribution in [0.3, 0.4) is 0 Å². The molecule has 0 spiro atoms. The smallest absolute Gasteiger partial charge is 0.251 e. The Balaban J connectivity index is 1.50. The molecule has 1 atom stereocenters. The first-order valence-electron chi connectivity index (χ1n) is 8.06. The highest BCUT2D eigenvalue weighted by atomic mass is 16.2. The van der Waals surface area contributed by atoms with Gasteiger partial charge in [0.05, 0.1) is 0 Å². The number of nitrogens with one attached hydrogen (secondary N) is 3. The van der Waals surface area contributed by atoms with Crippen LogP contribution < -0.4 is 16.0 Å². The molecule has 1 unspecified atom stereocenters. The molecule has 0 aromatic heterocycles. The lowest BCUT2D eigenvalue weighted by atomic mass is 10.1. The van der Waals surface area contributed by atoms with Gasteiger partial charge < -0.3 is 16.0 Å². The molecule has 120 valence electrons. The Labute approximate surface area is 131 Å². The first kappa shape index (κ1) is 16.5. The predicted octanol–water partition coefficient (Wildman–Crippen LogP) is 1.31. The molecule has 0 aliphatic carbocycles. The van der Waals surface area contributed by atoms with Crippen molar-refractivity contribution in [2.45, 2.75) is 25.7 Å². The largest absolute Gasteiger partial charge is 0.356 e. The van der Waals surface area contributed by atoms with Gasteiger partial charge in [-0.25, -0.2) is 0 Å². The van der Waals surface area contributed by atoms with E-state index in [-0.39, 0.29) is 11.8 Å². The van der Waals surface area contributed by atoms with Gasteiger partial charge in [-0.05, 0) is 50.4 Å². The molecule has 2 rings (SSSR count). The summed E-state index contributed by atoms with van der Waals surface area (Å²) >= 11 is 0. The molecule has 1 fully saturated rings. The minimum Gasteiger partial charge on any atom is -0.356 e. The predicted molar refractivity (Wildman–Crippen MR) is 86.6 cm³/mol. The van der Waals surface area contributed by atoms with Crippen LogP contribution in [0, 0.1) is 5.92 Å². The van der Waals surface area contributed by atoms with E-state index in [0.29, 0.717) is 30.9 Å². The molecular weight excluding hydrogens is 278 g/mol. The van der Waals surface area contributed by atoms with Gasteiger partial charge in [-0.3, -0.25) is 9.59 Å². The topological polar surface area (TPSA) is 70.2 Å². The molecule has 1 aliphatic heterocycles. The lowest BCUT2D eigenvalue weighted by Crippen LogP contribution is -2.28. The first-order chi connectivity index (χ1) is 10.8. The maximum Gasteiger partial charge on any atom is 0.251 e. The van der Waals surface area contributed by atoms with Gasteiger partial charge in [0, 0.05) is 25.1 Å². The zero-order valence-corrected chi connectivity index (χ0v) is 12.9. The monoisotopic (exact) mass is 303 g/mol. The molecule has 22 heavy (non-hydrogen) atoms. The van der Waals surface area contributed by atoms with Crippen LogP contribution in [0.2, 0.25) is 0 Å². The summed E-state index contributed by atoms with van der Waals surface area (Å²) in [5, 5.41) is 9.10. The number of amides is 2. The number of carbonyl (C=O) groups is 2. The highest BCUT2D eigenvalue weighted by Gasteiger charge is 2.14. The van der Waals surface area contributed by atoms with E-state index in [9.17, 15) is 9.59 Å². The second kappa shape index (κ2) is 9.20. The summed E-state index contributed by atoms with van der Waals surface area (Å²) in [6.07, 6.45) is 3.37. The molecule has 2 amide bonds. The third-order valence-electron chi connectivity index (χ3n) is 3.94. The van der Waals surface area contributed by atoms with Crippen molar-refractivity contribution in [1.82, 2.24) is 16.0 Å². The van der Waals surface area contributed by atoms with Crippen LogP contribution in [0.5, 0.6) is 0 Å². The minimum absolute atomic E-state index is 0.0694. The van der Waals surface area contributed by atoms with Gasteiger partial charge in [0.1, 0.15) is 0 Å². The molecule has 0 saturated carbocycles. The number of hydrogen-bond acceptors (Lipinski definition) is 3. The highest BCUT2D eigenvalue weighted by Crippen LogP contribution is 2.10. The molecular formula is C17H25N3O2. The maximum absolute atomic E-state index is 11.8. The van der Waals surface area contributed by atoms with Crippen molar-refractivity contribution in [3.63, 3.8) is 0 Å². The lowest BCUT2D eigenvalue weighted by molar-refractivity contribution is -0.121. The Morgan fingerprint density at radius 1 is 1.14 bits per heavy atom. The standard InChI is InChI=1S/C17H25N3O2/c21-16(19-12-9-14-8-11-18-13-14)7-4-10-20-17(22)15-5-2-1-3-6-15/h1-3,5-6,14,18H,4,7-13H2,(H,19,21)(H,20,22). The van der Waals surface area contributed by atoms with Gasteiger partial charge in [0.2, 0.25) is 5.91 Å². The van der Waals surface area contributed by atoms with E-state index >= 15 is 0 Å². The second-order valence-corrected chi connectivity index (χ2v) is 5.72. The van der Waals surface area contributed by atoms with Crippen LogP contribution in [-0.4, -0.2) is 38.0 Å². The van der Waals surface area contributed by atoms with Crippen LogP contribution in [0.25, 0.3) is 0 Å². The molecule has 1 aromatic carbocycles. The summed E-state index contributed by atoms with van der Waals surface area (Å²) < 4.78 is 0. The minimum atomic E-state index is -0.0882. The van der Waals surface area contributed by atoms with Gasteiger partial charge in [-0.1, -0.05) is 18.2 Å². The lowest BCUT2D eigenvalue weighted by Gasteiger charge is -2.09. The van der Waals surface area contributed by atoms with E-state index < -0.39 is 0 Å². The quantitative estimate of drug-likeness (QED) is 0.634. The first-order valence-corrected chi connectivity index (χ1v) is 8.06. The van der Waals surface area contributed by atoms with Crippen molar-refractivity contribution < 1.29 is 9.59 Å². The van der Waals surface area contributed by atoms with Crippen LogP contribution in [-0.2, 0) is 4.79 Å². The summed E-state index contributed by atoms with van der Waals surface area (Å²) in [5.74, 6) is 0.681. The van der Waals surface area contributed by atoms with E-state index in [1.54, 1.807) is 12.1 Å². The van der Waals surface area contributed by atoms with E-state index in [0.717, 1.165) is 26.1 Å². The number of carbonyl (C=O) groups excluding carboxylic acids is 2. The van der Waals surface area contributed by atoms with Gasteiger partial charge in [-0.2, -0.15) is 0 Å². The number of rotatable bonds is 8. The van der Waals surface area contributed by atoms with Crippen molar-refractivity contribution in [3.05, 3.63) is 35.9 Å². The molecule has 1 saturated heterocycles. The second-order valence-electron chi connectivity index (χ2n) is 5.72. The van der Waals surface area contributed by atoms with E-state index in [1.165, 1.54) is 6.42 Å². The van der Waals surface area contributed by atoms with Gasteiger partial charge in [0.25, 0.3) is 5.91 Å². The third-order valence-corrected chi connectivity index (χ3v) is 3.94. The van der Waals surface area contributed by atoms with Crippen molar-refractivity contribution in [3.8, 4) is 0 Å². The Hall–Kier alpha value is -1.88. The summed E-state index contributed by atoms with van der Waals surface area (Å²) in [4.78, 5) is 23.5. The maximum atomic E-state index is 11.8. The molecule has 1 heterocycles. The van der Waals surface area contributed by atoms with Crippen LogP contribution >= 0.6 is 0 Å². The molecule has 0 bridgehead atoms. The molecule has 1 aromatic rings. The van der Waals surface area contributed by atoms with Crippen molar-refractivity contribution in [1.29, 1.82) is 0 Å². The molecule has 5 nitrogen and oxygen atoms in total. The molecule has 3 N–H and O–H groups in total.